The molecule has 74 valence electrons. The van der Waals surface area contributed by atoms with Gasteiger partial charge in [0.25, 0.3) is 0 Å². The fourth-order valence-corrected chi connectivity index (χ4v) is 0. The zero-order valence-electron chi connectivity index (χ0n) is 6.17. The zero-order chi connectivity index (χ0) is 10.7. The SMILES string of the molecule is [O]=[Ti]([O-])[O-].[O]=[Ti]([O-])[O-].[O]=[Ti]([O-])[O-].[Pb+2].[Zr+4]. The average Bonchev–Trinajstić information content (AvgIpc) is 1.54. The molecular formula is O9PbTi3Zr. The molecule has 0 saturated carbocycles. The summed E-state index contributed by atoms with van der Waals surface area (Å²) in [5, 5.41) is 0. The van der Waals surface area contributed by atoms with Gasteiger partial charge in [0.15, 0.2) is 0 Å². The van der Waals surface area contributed by atoms with Crippen molar-refractivity contribution in [2.75, 3.05) is 0 Å². The minimum Gasteiger partial charge on any atom is 2.00 e. The topological polar surface area (TPSA) is 190 Å². The molecule has 0 N–H and O–H groups in total. The molecule has 0 bridgehead atoms. The Morgan fingerprint density at radius 3 is 0.571 bits per heavy atom. The van der Waals surface area contributed by atoms with Crippen molar-refractivity contribution in [2.45, 2.75) is 0 Å². The van der Waals surface area contributed by atoms with E-state index in [0.29, 0.717) is 0 Å². The van der Waals surface area contributed by atoms with Crippen LogP contribution in [0.3, 0.4) is 0 Å². The molecule has 0 unspecified atom stereocenters. The van der Waals surface area contributed by atoms with Crippen molar-refractivity contribution in [1.29, 1.82) is 0 Å². The first-order valence-electron chi connectivity index (χ1n) is 1.84. The molecule has 0 aliphatic heterocycles. The van der Waals surface area contributed by atoms with Gasteiger partial charge in [-0.2, -0.15) is 0 Å². The number of rotatable bonds is 0. The van der Waals surface area contributed by atoms with E-state index < -0.39 is 55.8 Å². The Morgan fingerprint density at radius 2 is 0.571 bits per heavy atom. The second-order valence-electron chi connectivity index (χ2n) is 0.750. The Hall–Kier alpha value is 3.11. The van der Waals surface area contributed by atoms with Crippen LogP contribution in [0.4, 0.5) is 0 Å². The van der Waals surface area contributed by atoms with Crippen LogP contribution < -0.4 is 22.1 Å². The van der Waals surface area contributed by atoms with Crippen molar-refractivity contribution in [1.82, 2.24) is 0 Å². The molecule has 9 nitrogen and oxygen atoms in total. The third-order valence-corrected chi connectivity index (χ3v) is 0. The van der Waals surface area contributed by atoms with Gasteiger partial charge >= 0.3 is 141 Å². The predicted molar refractivity (Wildman–Crippen MR) is 7.81 cm³/mol. The molecule has 0 saturated heterocycles. The van der Waals surface area contributed by atoms with Gasteiger partial charge in [-0.05, 0) is 0 Å². The summed E-state index contributed by atoms with van der Waals surface area (Å²) in [5.41, 5.74) is 0. The number of hydrogen-bond acceptors (Lipinski definition) is 9. The van der Waals surface area contributed by atoms with Crippen molar-refractivity contribution in [3.05, 3.63) is 0 Å². The van der Waals surface area contributed by atoms with Gasteiger partial charge in [0, 0.05) is 0 Å². The third-order valence-electron chi connectivity index (χ3n) is 0. The maximum Gasteiger partial charge on any atom is 4.00 e. The maximum absolute atomic E-state index is 8.58. The van der Waals surface area contributed by atoms with Gasteiger partial charge in [-0.15, -0.1) is 0 Å². The van der Waals surface area contributed by atoms with Crippen LogP contribution >= 0.6 is 0 Å². The first-order chi connectivity index (χ1) is 5.20. The third kappa shape index (κ3) is 311. The first kappa shape index (κ1) is 30.3. The van der Waals surface area contributed by atoms with Crippen molar-refractivity contribution in [2.24, 2.45) is 0 Å². The van der Waals surface area contributed by atoms with Crippen molar-refractivity contribution in [3.8, 4) is 0 Å². The Bertz CT molecular complexity index is 118. The van der Waals surface area contributed by atoms with E-state index in [0.717, 1.165) is 0 Å². The summed E-state index contributed by atoms with van der Waals surface area (Å²) in [4.78, 5) is 0. The second-order valence-corrected chi connectivity index (χ2v) is 3.09. The van der Waals surface area contributed by atoms with Gasteiger partial charge in [0.2, 0.25) is 0 Å². The summed E-state index contributed by atoms with van der Waals surface area (Å²) < 4.78 is 77.2. The van der Waals surface area contributed by atoms with Crippen LogP contribution in [0.15, 0.2) is 0 Å². The quantitative estimate of drug-likeness (QED) is 0.248. The molecule has 2 radical (unpaired) electrons. The van der Waals surface area contributed by atoms with Gasteiger partial charge in [0.1, 0.15) is 0 Å². The molecule has 0 aromatic heterocycles. The fourth-order valence-electron chi connectivity index (χ4n) is 0. The van der Waals surface area contributed by atoms with Crippen LogP contribution in [0, 0.1) is 0 Å². The van der Waals surface area contributed by atoms with Gasteiger partial charge in [-0.25, -0.2) is 0 Å². The Kier molecular flexibility index (Phi) is 54.2. The molecule has 0 rings (SSSR count). The minimum absolute atomic E-state index is 0. The van der Waals surface area contributed by atoms with Crippen molar-refractivity contribution in [3.63, 3.8) is 0 Å². The molecule has 0 spiro atoms. The molecule has 0 fully saturated rings. The summed E-state index contributed by atoms with van der Waals surface area (Å²) in [5.74, 6) is 0. The molecule has 0 aromatic rings. The molecular weight excluding hydrogens is 586 g/mol. The Balaban J connectivity index is -0.0000000270. The van der Waals surface area contributed by atoms with Crippen molar-refractivity contribution < 1.29 is 114 Å². The summed E-state index contributed by atoms with van der Waals surface area (Å²) in [6.07, 6.45) is 0. The maximum atomic E-state index is 8.58. The minimum atomic E-state index is -4.08. The molecule has 0 aliphatic carbocycles. The molecule has 0 amide bonds. The summed E-state index contributed by atoms with van der Waals surface area (Å²) in [6, 6.07) is 0. The van der Waals surface area contributed by atoms with E-state index in [9.17, 15) is 0 Å². The van der Waals surface area contributed by atoms with Gasteiger partial charge < -0.3 is 0 Å². The summed E-state index contributed by atoms with van der Waals surface area (Å²) in [6.45, 7) is 0. The van der Waals surface area contributed by atoms with E-state index >= 15 is 0 Å². The van der Waals surface area contributed by atoms with E-state index in [1.807, 2.05) is 0 Å². The van der Waals surface area contributed by atoms with Gasteiger partial charge in [-0.3, -0.25) is 0 Å². The normalized spacial score (nSPS) is 5.57. The van der Waals surface area contributed by atoms with Crippen LogP contribution in [-0.4, -0.2) is 27.3 Å². The van der Waals surface area contributed by atoms with E-state index in [2.05, 4.69) is 0 Å². The molecule has 0 atom stereocenters. The predicted octanol–water partition coefficient (Wildman–Crippen LogP) is -7.88. The molecule has 14 heavy (non-hydrogen) atoms. The summed E-state index contributed by atoms with van der Waals surface area (Å²) in [7, 11) is 0. The fraction of sp³-hybridized carbons (Fsp3) is 0. The first-order valence-corrected chi connectivity index (χ1v) is 7.57. The monoisotopic (exact) mass is 586 g/mol. The van der Waals surface area contributed by atoms with E-state index in [4.69, 9.17) is 32.1 Å². The smallest absolute Gasteiger partial charge is 2.00 e. The van der Waals surface area contributed by atoms with Crippen molar-refractivity contribution >= 4 is 27.3 Å². The zero-order valence-corrected chi connectivity index (χ0v) is 17.2. The van der Waals surface area contributed by atoms with Crippen LogP contribution in [0.1, 0.15) is 0 Å². The largest absolute Gasteiger partial charge is 4.00 e. The molecule has 14 heteroatoms. The standard InChI is InChI=1S/9O.Pb.3Ti.Zr/q;;;6*-1;+2;;;;+4. The molecule has 0 aromatic carbocycles. The van der Waals surface area contributed by atoms with Crippen LogP contribution in [0.2, 0.25) is 0 Å². The van der Waals surface area contributed by atoms with Crippen LogP contribution in [0.25, 0.3) is 0 Å². The van der Waals surface area contributed by atoms with E-state index in [1.165, 1.54) is 0 Å². The second kappa shape index (κ2) is 25.1. The Labute approximate surface area is 139 Å². The van der Waals surface area contributed by atoms with E-state index in [1.54, 1.807) is 0 Å². The van der Waals surface area contributed by atoms with Crippen LogP contribution in [-0.2, 0) is 92.0 Å². The molecule has 0 aliphatic rings. The Morgan fingerprint density at radius 1 is 0.571 bits per heavy atom. The van der Waals surface area contributed by atoms with Gasteiger partial charge in [-0.1, -0.05) is 0 Å². The average molecular weight is 586 g/mol. The number of hydrogen-bond donors (Lipinski definition) is 0. The molecule has 0 heterocycles. The van der Waals surface area contributed by atoms with Gasteiger partial charge in [0.05, 0.1) is 0 Å². The summed E-state index contributed by atoms with van der Waals surface area (Å²) >= 11 is -12.2. The van der Waals surface area contributed by atoms with E-state index in [-0.39, 0.29) is 53.5 Å². The van der Waals surface area contributed by atoms with Crippen LogP contribution in [0.5, 0.6) is 0 Å².